The molecule has 0 atom stereocenters. The number of nitrogens with zero attached hydrogens (tertiary/aromatic N) is 2. The Bertz CT molecular complexity index is 984. The van der Waals surface area contributed by atoms with Crippen molar-refractivity contribution in [2.45, 2.75) is 19.9 Å². The van der Waals surface area contributed by atoms with Gasteiger partial charge in [-0.05, 0) is 30.2 Å². The van der Waals surface area contributed by atoms with Crippen LogP contribution in [0.5, 0.6) is 0 Å². The van der Waals surface area contributed by atoms with E-state index < -0.39 is 5.56 Å². The predicted molar refractivity (Wildman–Crippen MR) is 103 cm³/mol. The zero-order valence-electron chi connectivity index (χ0n) is 14.3. The molecule has 1 heterocycles. The second-order valence-corrected chi connectivity index (χ2v) is 6.32. The van der Waals surface area contributed by atoms with Crippen molar-refractivity contribution in [3.63, 3.8) is 0 Å². The molecule has 1 N–H and O–H groups in total. The van der Waals surface area contributed by atoms with Gasteiger partial charge in [-0.15, -0.1) is 0 Å². The molecule has 0 saturated heterocycles. The Balaban J connectivity index is 2.04. The number of hydrogen-bond acceptors (Lipinski definition) is 4. The van der Waals surface area contributed by atoms with Crippen molar-refractivity contribution in [1.29, 1.82) is 0 Å². The number of halogens is 1. The van der Waals surface area contributed by atoms with Crippen LogP contribution in [0.4, 0.5) is 11.6 Å². The summed E-state index contributed by atoms with van der Waals surface area (Å²) in [5.74, 6) is 0.402. The van der Waals surface area contributed by atoms with E-state index in [2.05, 4.69) is 10.3 Å². The topological polar surface area (TPSA) is 64.0 Å². The Labute approximate surface area is 156 Å². The zero-order chi connectivity index (χ0) is 18.5. The monoisotopic (exact) mass is 367 g/mol. The van der Waals surface area contributed by atoms with E-state index in [4.69, 9.17) is 11.6 Å². The fourth-order valence-electron chi connectivity index (χ4n) is 2.63. The van der Waals surface area contributed by atoms with Gasteiger partial charge in [0.15, 0.2) is 0 Å². The van der Waals surface area contributed by atoms with E-state index in [9.17, 15) is 9.59 Å². The number of nitrogens with one attached hydrogen (secondary N) is 1. The minimum absolute atomic E-state index is 0.0388. The molecule has 1 aromatic heterocycles. The second-order valence-electron chi connectivity index (χ2n) is 5.92. The maximum atomic E-state index is 12.2. The molecule has 6 heteroatoms. The molecule has 0 unspecified atom stereocenters. The molecule has 0 fully saturated rings. The van der Waals surface area contributed by atoms with Crippen molar-refractivity contribution < 1.29 is 4.79 Å². The van der Waals surface area contributed by atoms with Gasteiger partial charge in [0, 0.05) is 28.9 Å². The van der Waals surface area contributed by atoms with Crippen LogP contribution in [0, 0.1) is 6.92 Å². The lowest BCUT2D eigenvalue weighted by molar-refractivity contribution is -0.107. The summed E-state index contributed by atoms with van der Waals surface area (Å²) in [5.41, 5.74) is 2.65. The van der Waals surface area contributed by atoms with E-state index in [0.29, 0.717) is 29.4 Å². The molecule has 2 aromatic carbocycles. The zero-order valence-corrected chi connectivity index (χ0v) is 15.0. The van der Waals surface area contributed by atoms with E-state index in [1.165, 1.54) is 0 Å². The molecule has 0 aliphatic carbocycles. The molecule has 0 aliphatic heterocycles. The van der Waals surface area contributed by atoms with Crippen LogP contribution in [-0.2, 0) is 17.8 Å². The maximum absolute atomic E-state index is 12.2. The third kappa shape index (κ3) is 4.00. The van der Waals surface area contributed by atoms with Crippen LogP contribution in [0.2, 0.25) is 5.02 Å². The van der Waals surface area contributed by atoms with Gasteiger partial charge in [-0.25, -0.2) is 0 Å². The van der Waals surface area contributed by atoms with E-state index in [-0.39, 0.29) is 6.42 Å². The Kier molecular flexibility index (Phi) is 5.49. The Morgan fingerprint density at radius 1 is 1.15 bits per heavy atom. The van der Waals surface area contributed by atoms with Crippen molar-refractivity contribution in [2.24, 2.45) is 0 Å². The summed E-state index contributed by atoms with van der Waals surface area (Å²) in [5, 5.41) is 3.82. The normalized spacial score (nSPS) is 10.5. The lowest BCUT2D eigenvalue weighted by atomic mass is 10.2. The number of hydrogen-bond donors (Lipinski definition) is 1. The Morgan fingerprint density at radius 2 is 1.92 bits per heavy atom. The average molecular weight is 368 g/mol. The number of anilines is 2. The molecular weight excluding hydrogens is 350 g/mol. The number of rotatable bonds is 6. The van der Waals surface area contributed by atoms with Gasteiger partial charge in [-0.2, -0.15) is 4.98 Å². The fourth-order valence-corrected chi connectivity index (χ4v) is 2.80. The van der Waals surface area contributed by atoms with Gasteiger partial charge >= 0.3 is 0 Å². The predicted octanol–water partition coefficient (Wildman–Crippen LogP) is 3.74. The third-order valence-electron chi connectivity index (χ3n) is 4.08. The smallest absolute Gasteiger partial charge is 0.278 e. The number of aromatic nitrogens is 2. The Morgan fingerprint density at radius 3 is 2.65 bits per heavy atom. The molecule has 0 bridgehead atoms. The van der Waals surface area contributed by atoms with Crippen LogP contribution < -0.4 is 10.9 Å². The van der Waals surface area contributed by atoms with Crippen LogP contribution >= 0.6 is 11.6 Å². The lowest BCUT2D eigenvalue weighted by Gasteiger charge is -2.16. The first-order valence-corrected chi connectivity index (χ1v) is 8.56. The quantitative estimate of drug-likeness (QED) is 0.674. The summed E-state index contributed by atoms with van der Waals surface area (Å²) in [7, 11) is 0. The van der Waals surface area contributed by atoms with Crippen molar-refractivity contribution in [2.75, 3.05) is 5.32 Å². The van der Waals surface area contributed by atoms with Crippen molar-refractivity contribution >= 4 is 29.5 Å². The summed E-state index contributed by atoms with van der Waals surface area (Å²) in [6.45, 7) is 2.41. The SMILES string of the molecule is Cc1c(Cl)cccc1Nc1nc(=O)c(CC=O)cn1Cc1ccccc1. The standard InChI is InChI=1S/C20H18ClN3O2/c1-14-17(21)8-5-9-18(14)22-20-23-19(26)16(10-11-25)13-24(20)12-15-6-3-2-4-7-15/h2-9,11,13H,10,12H2,1H3,(H,22,23,26). The summed E-state index contributed by atoms with van der Waals surface area (Å²) in [4.78, 5) is 27.2. The number of aldehydes is 1. The second kappa shape index (κ2) is 7.97. The molecule has 26 heavy (non-hydrogen) atoms. The van der Waals surface area contributed by atoms with Crippen LogP contribution in [0.15, 0.2) is 59.5 Å². The average Bonchev–Trinajstić information content (AvgIpc) is 2.63. The molecular formula is C20H18ClN3O2. The van der Waals surface area contributed by atoms with Crippen LogP contribution in [0.1, 0.15) is 16.7 Å². The summed E-state index contributed by atoms with van der Waals surface area (Å²) < 4.78 is 1.83. The van der Waals surface area contributed by atoms with Gasteiger partial charge < -0.3 is 14.7 Å². The van der Waals surface area contributed by atoms with Crippen LogP contribution in [-0.4, -0.2) is 15.8 Å². The molecule has 132 valence electrons. The molecule has 5 nitrogen and oxygen atoms in total. The van der Waals surface area contributed by atoms with Crippen LogP contribution in [0.25, 0.3) is 0 Å². The first-order valence-electron chi connectivity index (χ1n) is 8.18. The van der Waals surface area contributed by atoms with Crippen molar-refractivity contribution in [1.82, 2.24) is 9.55 Å². The molecule has 0 amide bonds. The molecule has 0 saturated carbocycles. The van der Waals surface area contributed by atoms with Gasteiger partial charge in [0.1, 0.15) is 6.29 Å². The van der Waals surface area contributed by atoms with Gasteiger partial charge in [0.2, 0.25) is 5.95 Å². The summed E-state index contributed by atoms with van der Waals surface area (Å²) in [6, 6.07) is 15.3. The van der Waals surface area contributed by atoms with Gasteiger partial charge in [0.25, 0.3) is 5.56 Å². The molecule has 0 radical (unpaired) electrons. The van der Waals surface area contributed by atoms with E-state index in [0.717, 1.165) is 16.8 Å². The summed E-state index contributed by atoms with van der Waals surface area (Å²) in [6.07, 6.45) is 2.43. The van der Waals surface area contributed by atoms with Crippen LogP contribution in [0.3, 0.4) is 0 Å². The number of benzene rings is 2. The minimum Gasteiger partial charge on any atom is -0.325 e. The highest BCUT2D eigenvalue weighted by Gasteiger charge is 2.11. The van der Waals surface area contributed by atoms with Crippen molar-refractivity contribution in [3.8, 4) is 0 Å². The van der Waals surface area contributed by atoms with Crippen molar-refractivity contribution in [3.05, 3.63) is 86.8 Å². The lowest BCUT2D eigenvalue weighted by Crippen LogP contribution is -2.21. The number of carbonyl (C=O) groups is 1. The van der Waals surface area contributed by atoms with E-state index >= 15 is 0 Å². The molecule has 3 aromatic rings. The highest BCUT2D eigenvalue weighted by Crippen LogP contribution is 2.25. The highest BCUT2D eigenvalue weighted by molar-refractivity contribution is 6.31. The summed E-state index contributed by atoms with van der Waals surface area (Å²) >= 11 is 6.18. The Hall–Kier alpha value is -2.92. The largest absolute Gasteiger partial charge is 0.325 e. The first-order chi connectivity index (χ1) is 12.6. The highest BCUT2D eigenvalue weighted by atomic mass is 35.5. The number of carbonyl (C=O) groups excluding carboxylic acids is 1. The van der Waals surface area contributed by atoms with Gasteiger partial charge in [-0.3, -0.25) is 4.79 Å². The van der Waals surface area contributed by atoms with E-state index in [1.54, 1.807) is 12.3 Å². The van der Waals surface area contributed by atoms with E-state index in [1.807, 2.05) is 54.0 Å². The third-order valence-corrected chi connectivity index (χ3v) is 4.49. The molecule has 0 spiro atoms. The molecule has 3 rings (SSSR count). The first kappa shape index (κ1) is 17.9. The fraction of sp³-hybridized carbons (Fsp3) is 0.150. The van der Waals surface area contributed by atoms with Gasteiger partial charge in [0.05, 0.1) is 6.54 Å². The molecule has 0 aliphatic rings. The van der Waals surface area contributed by atoms with Gasteiger partial charge in [-0.1, -0.05) is 48.0 Å². The maximum Gasteiger partial charge on any atom is 0.278 e. The minimum atomic E-state index is -0.413.